The van der Waals surface area contributed by atoms with Crippen molar-refractivity contribution in [2.24, 2.45) is 0 Å². The molecule has 0 saturated heterocycles. The van der Waals surface area contributed by atoms with Gasteiger partial charge in [-0.2, -0.15) is 0 Å². The third-order valence-corrected chi connectivity index (χ3v) is 4.20. The van der Waals surface area contributed by atoms with Gasteiger partial charge in [0.2, 0.25) is 5.91 Å². The monoisotopic (exact) mass is 376 g/mol. The number of benzene rings is 2. The molecule has 0 aromatic heterocycles. The molecule has 0 aliphatic carbocycles. The van der Waals surface area contributed by atoms with Gasteiger partial charge in [0.1, 0.15) is 18.1 Å². The number of nitrogens with one attached hydrogen (secondary N) is 1. The van der Waals surface area contributed by atoms with Crippen LogP contribution in [0.25, 0.3) is 0 Å². The fourth-order valence-electron chi connectivity index (χ4n) is 2.38. The Morgan fingerprint density at radius 2 is 1.78 bits per heavy atom. The minimum absolute atomic E-state index is 0.182. The highest BCUT2D eigenvalue weighted by molar-refractivity contribution is 5.94. The minimum atomic E-state index is -0.411. The van der Waals surface area contributed by atoms with E-state index in [9.17, 15) is 9.18 Å². The van der Waals surface area contributed by atoms with E-state index in [0.717, 1.165) is 0 Å². The van der Waals surface area contributed by atoms with E-state index in [1.54, 1.807) is 64.6 Å². The van der Waals surface area contributed by atoms with Crippen LogP contribution in [0, 0.1) is 5.82 Å². The van der Waals surface area contributed by atoms with Gasteiger partial charge in [0.05, 0.1) is 20.3 Å². The van der Waals surface area contributed by atoms with Crippen molar-refractivity contribution < 1.29 is 23.4 Å². The van der Waals surface area contributed by atoms with Crippen LogP contribution in [-0.4, -0.2) is 51.3 Å². The van der Waals surface area contributed by atoms with Gasteiger partial charge in [0.15, 0.2) is 11.6 Å². The standard InChI is InChI=1S/C20H25FN2O4/c1-14(23(2)9-10-27-19-8-6-5-7-18(19)21)20(24)22-15-11-16(25-3)13-17(12-15)26-4/h5-8,11-14H,9-10H2,1-4H3,(H,22,24)/t14-/m1/s1. The summed E-state index contributed by atoms with van der Waals surface area (Å²) in [6, 6.07) is 11.0. The van der Waals surface area contributed by atoms with Crippen molar-refractivity contribution in [1.82, 2.24) is 4.90 Å². The van der Waals surface area contributed by atoms with Crippen molar-refractivity contribution in [3.05, 3.63) is 48.3 Å². The van der Waals surface area contributed by atoms with E-state index < -0.39 is 11.9 Å². The Hall–Kier alpha value is -2.80. The molecule has 0 saturated carbocycles. The summed E-state index contributed by atoms with van der Waals surface area (Å²) in [5.41, 5.74) is 0.582. The Morgan fingerprint density at radius 3 is 2.37 bits per heavy atom. The Balaban J connectivity index is 1.89. The molecule has 0 heterocycles. The van der Waals surface area contributed by atoms with E-state index in [2.05, 4.69) is 5.32 Å². The highest BCUT2D eigenvalue weighted by Crippen LogP contribution is 2.26. The number of nitrogens with zero attached hydrogens (tertiary/aromatic N) is 1. The average Bonchev–Trinajstić information content (AvgIpc) is 2.68. The van der Waals surface area contributed by atoms with Gasteiger partial charge in [-0.15, -0.1) is 0 Å². The maximum Gasteiger partial charge on any atom is 0.241 e. The number of ether oxygens (including phenoxy) is 3. The molecule has 2 aromatic rings. The van der Waals surface area contributed by atoms with Crippen molar-refractivity contribution in [2.45, 2.75) is 13.0 Å². The molecular weight excluding hydrogens is 351 g/mol. The number of rotatable bonds is 9. The van der Waals surface area contributed by atoms with E-state index in [0.29, 0.717) is 23.7 Å². The quantitative estimate of drug-likeness (QED) is 0.728. The Labute approximate surface area is 158 Å². The summed E-state index contributed by atoms with van der Waals surface area (Å²) in [5.74, 6) is 0.788. The number of halogens is 1. The molecule has 0 fully saturated rings. The maximum absolute atomic E-state index is 13.5. The molecule has 6 nitrogen and oxygen atoms in total. The van der Waals surface area contributed by atoms with E-state index >= 15 is 0 Å². The van der Waals surface area contributed by atoms with Crippen molar-refractivity contribution in [1.29, 1.82) is 0 Å². The number of anilines is 1. The number of hydrogen-bond acceptors (Lipinski definition) is 5. The lowest BCUT2D eigenvalue weighted by Gasteiger charge is -2.24. The smallest absolute Gasteiger partial charge is 0.241 e. The second kappa shape index (κ2) is 9.78. The fraction of sp³-hybridized carbons (Fsp3) is 0.350. The molecule has 7 heteroatoms. The number of carbonyl (C=O) groups excluding carboxylic acids is 1. The van der Waals surface area contributed by atoms with Crippen LogP contribution in [0.2, 0.25) is 0 Å². The van der Waals surface area contributed by atoms with Gasteiger partial charge < -0.3 is 19.5 Å². The fourth-order valence-corrected chi connectivity index (χ4v) is 2.38. The molecule has 2 aromatic carbocycles. The predicted octanol–water partition coefficient (Wildman–Crippen LogP) is 3.18. The van der Waals surface area contributed by atoms with Crippen LogP contribution in [-0.2, 0) is 4.79 Å². The van der Waals surface area contributed by atoms with Crippen molar-refractivity contribution in [3.63, 3.8) is 0 Å². The lowest BCUT2D eigenvalue weighted by Crippen LogP contribution is -2.41. The lowest BCUT2D eigenvalue weighted by atomic mass is 10.2. The first-order chi connectivity index (χ1) is 12.9. The molecule has 146 valence electrons. The zero-order valence-electron chi connectivity index (χ0n) is 16.0. The maximum atomic E-state index is 13.5. The number of likely N-dealkylation sites (N-methyl/N-ethyl adjacent to an activating group) is 1. The number of carbonyl (C=O) groups is 1. The molecule has 1 atom stereocenters. The Morgan fingerprint density at radius 1 is 1.15 bits per heavy atom. The summed E-state index contributed by atoms with van der Waals surface area (Å²) < 4.78 is 29.4. The second-order valence-electron chi connectivity index (χ2n) is 6.03. The molecule has 1 N–H and O–H groups in total. The van der Waals surface area contributed by atoms with Crippen LogP contribution in [0.1, 0.15) is 6.92 Å². The summed E-state index contributed by atoms with van der Waals surface area (Å²) in [6.45, 7) is 2.52. The molecule has 0 aliphatic heterocycles. The zero-order valence-corrected chi connectivity index (χ0v) is 16.0. The summed E-state index contributed by atoms with van der Waals surface area (Å²) in [4.78, 5) is 14.3. The van der Waals surface area contributed by atoms with Crippen molar-refractivity contribution in [3.8, 4) is 17.2 Å². The largest absolute Gasteiger partial charge is 0.497 e. The Kier molecular flexibility index (Phi) is 7.43. The van der Waals surface area contributed by atoms with Gasteiger partial charge in [-0.05, 0) is 26.1 Å². The van der Waals surface area contributed by atoms with Crippen LogP contribution in [0.4, 0.5) is 10.1 Å². The van der Waals surface area contributed by atoms with Crippen LogP contribution in [0.5, 0.6) is 17.2 Å². The molecule has 0 aliphatic rings. The topological polar surface area (TPSA) is 60.0 Å². The van der Waals surface area contributed by atoms with Gasteiger partial charge in [0, 0.05) is 30.4 Å². The molecule has 2 rings (SSSR count). The number of amides is 1. The average molecular weight is 376 g/mol. The first-order valence-electron chi connectivity index (χ1n) is 8.56. The van der Waals surface area contributed by atoms with Crippen molar-refractivity contribution >= 4 is 11.6 Å². The summed E-state index contributed by atoms with van der Waals surface area (Å²) >= 11 is 0. The van der Waals surface area contributed by atoms with Crippen LogP contribution in [0.3, 0.4) is 0 Å². The predicted molar refractivity (Wildman–Crippen MR) is 102 cm³/mol. The summed E-state index contributed by atoms with van der Waals surface area (Å²) in [7, 11) is 4.90. The van der Waals surface area contributed by atoms with Gasteiger partial charge in [-0.1, -0.05) is 12.1 Å². The second-order valence-corrected chi connectivity index (χ2v) is 6.03. The molecule has 1 amide bonds. The highest BCUT2D eigenvalue weighted by atomic mass is 19.1. The minimum Gasteiger partial charge on any atom is -0.497 e. The van der Waals surface area contributed by atoms with Crippen LogP contribution in [0.15, 0.2) is 42.5 Å². The van der Waals surface area contributed by atoms with Crippen LogP contribution >= 0.6 is 0 Å². The number of methoxy groups -OCH3 is 2. The molecule has 27 heavy (non-hydrogen) atoms. The van der Waals surface area contributed by atoms with Gasteiger partial charge in [-0.3, -0.25) is 9.69 Å². The first kappa shape index (κ1) is 20.5. The first-order valence-corrected chi connectivity index (χ1v) is 8.56. The van der Waals surface area contributed by atoms with Crippen molar-refractivity contribution in [2.75, 3.05) is 39.7 Å². The molecule has 0 radical (unpaired) electrons. The van der Waals surface area contributed by atoms with E-state index in [-0.39, 0.29) is 18.3 Å². The third-order valence-electron chi connectivity index (χ3n) is 4.20. The zero-order chi connectivity index (χ0) is 19.8. The number of para-hydroxylation sites is 1. The summed E-state index contributed by atoms with van der Waals surface area (Å²) in [6.07, 6.45) is 0. The highest BCUT2D eigenvalue weighted by Gasteiger charge is 2.19. The third kappa shape index (κ3) is 5.86. The van der Waals surface area contributed by atoms with Crippen LogP contribution < -0.4 is 19.5 Å². The van der Waals surface area contributed by atoms with E-state index in [1.807, 2.05) is 4.90 Å². The summed E-state index contributed by atoms with van der Waals surface area (Å²) in [5, 5.41) is 2.85. The molecule has 0 unspecified atom stereocenters. The number of hydrogen-bond donors (Lipinski definition) is 1. The van der Waals surface area contributed by atoms with Gasteiger partial charge in [-0.25, -0.2) is 4.39 Å². The van der Waals surface area contributed by atoms with E-state index in [1.165, 1.54) is 6.07 Å². The lowest BCUT2D eigenvalue weighted by molar-refractivity contribution is -0.120. The molecular formula is C20H25FN2O4. The SMILES string of the molecule is COc1cc(NC(=O)[C@@H](C)N(C)CCOc2ccccc2F)cc(OC)c1. The Bertz CT molecular complexity index is 747. The normalized spacial score (nSPS) is 11.8. The van der Waals surface area contributed by atoms with Gasteiger partial charge in [0.25, 0.3) is 0 Å². The molecule has 0 bridgehead atoms. The van der Waals surface area contributed by atoms with E-state index in [4.69, 9.17) is 14.2 Å². The van der Waals surface area contributed by atoms with Gasteiger partial charge >= 0.3 is 0 Å². The molecule has 0 spiro atoms.